The van der Waals surface area contributed by atoms with E-state index < -0.39 is 0 Å². The minimum atomic E-state index is -0.275. The number of cyclic esters (lactones) is 1. The second kappa shape index (κ2) is 11.0. The van der Waals surface area contributed by atoms with Gasteiger partial charge in [0.25, 0.3) is 0 Å². The van der Waals surface area contributed by atoms with Crippen molar-refractivity contribution in [2.45, 2.75) is 89.1 Å². The highest BCUT2D eigenvalue weighted by atomic mass is 35.5. The van der Waals surface area contributed by atoms with Crippen LogP contribution in [0.15, 0.2) is 24.3 Å². The molecule has 6 nitrogen and oxygen atoms in total. The summed E-state index contributed by atoms with van der Waals surface area (Å²) in [5.41, 5.74) is 1.01. The Morgan fingerprint density at radius 3 is 2.29 bits per heavy atom. The third-order valence-electron chi connectivity index (χ3n) is 10.4. The summed E-state index contributed by atoms with van der Waals surface area (Å²) < 4.78 is 5.48. The largest absolute Gasteiger partial charge is 0.447 e. The first-order valence-corrected chi connectivity index (χ1v) is 15.1. The van der Waals surface area contributed by atoms with Crippen molar-refractivity contribution in [2.24, 2.45) is 17.3 Å². The Morgan fingerprint density at radius 1 is 1.05 bits per heavy atom. The molecule has 7 heteroatoms. The minimum absolute atomic E-state index is 0.00162. The Labute approximate surface area is 234 Å². The molecule has 0 bridgehead atoms. The molecule has 38 heavy (non-hydrogen) atoms. The van der Waals surface area contributed by atoms with E-state index >= 15 is 0 Å². The third-order valence-corrected chi connectivity index (χ3v) is 10.7. The van der Waals surface area contributed by atoms with Gasteiger partial charge in [-0.2, -0.15) is 0 Å². The maximum absolute atomic E-state index is 14.1. The predicted molar refractivity (Wildman–Crippen MR) is 151 cm³/mol. The molecule has 2 saturated heterocycles. The molecular weight excluding hydrogens is 498 g/mol. The molecule has 2 amide bonds. The zero-order chi connectivity index (χ0) is 27.1. The maximum Gasteiger partial charge on any atom is 0.410 e. The van der Waals surface area contributed by atoms with Gasteiger partial charge < -0.3 is 14.5 Å². The van der Waals surface area contributed by atoms with Crippen LogP contribution < -0.4 is 0 Å². The number of piperidine rings is 1. The van der Waals surface area contributed by atoms with Crippen molar-refractivity contribution >= 4 is 23.6 Å². The van der Waals surface area contributed by atoms with Gasteiger partial charge in [0.15, 0.2) is 0 Å². The highest BCUT2D eigenvalue weighted by molar-refractivity contribution is 6.30. The average Bonchev–Trinajstić information content (AvgIpc) is 3.47. The lowest BCUT2D eigenvalue weighted by Gasteiger charge is -2.51. The molecule has 2 heterocycles. The molecule has 2 aliphatic heterocycles. The Kier molecular flexibility index (Phi) is 8.04. The normalized spacial score (nSPS) is 29.6. The molecule has 210 valence electrons. The number of rotatable bonds is 6. The zero-order valence-electron chi connectivity index (χ0n) is 23.8. The van der Waals surface area contributed by atoms with Crippen LogP contribution in [0.3, 0.4) is 0 Å². The van der Waals surface area contributed by atoms with Crippen LogP contribution in [0.1, 0.15) is 83.1 Å². The minimum Gasteiger partial charge on any atom is -0.447 e. The molecule has 0 radical (unpaired) electrons. The third kappa shape index (κ3) is 5.45. The Morgan fingerprint density at radius 2 is 1.71 bits per heavy atom. The van der Waals surface area contributed by atoms with Crippen LogP contribution in [-0.4, -0.2) is 78.6 Å². The molecular formula is C31H46ClN3O3. The van der Waals surface area contributed by atoms with E-state index in [9.17, 15) is 9.59 Å². The summed E-state index contributed by atoms with van der Waals surface area (Å²) in [7, 11) is 4.25. The monoisotopic (exact) mass is 543 g/mol. The van der Waals surface area contributed by atoms with Crippen LogP contribution in [0.5, 0.6) is 0 Å². The highest BCUT2D eigenvalue weighted by Crippen LogP contribution is 2.49. The fourth-order valence-electron chi connectivity index (χ4n) is 7.84. The number of halogens is 1. The lowest BCUT2D eigenvalue weighted by atomic mass is 9.63. The number of hydrogen-bond donors (Lipinski definition) is 0. The lowest BCUT2D eigenvalue weighted by Crippen LogP contribution is -2.55. The number of hydrogen-bond acceptors (Lipinski definition) is 4. The molecule has 4 fully saturated rings. The van der Waals surface area contributed by atoms with E-state index in [2.05, 4.69) is 49.9 Å². The molecule has 1 aromatic carbocycles. The summed E-state index contributed by atoms with van der Waals surface area (Å²) in [6.45, 7) is 7.01. The number of nitrogens with zero attached hydrogens (tertiary/aromatic N) is 3. The van der Waals surface area contributed by atoms with Crippen molar-refractivity contribution in [3.05, 3.63) is 34.9 Å². The number of carbonyl (C=O) groups is 2. The van der Waals surface area contributed by atoms with Gasteiger partial charge in [0.1, 0.15) is 6.61 Å². The number of amides is 2. The molecule has 0 N–H and O–H groups in total. The molecule has 2 aliphatic carbocycles. The Balaban J connectivity index is 1.33. The molecule has 3 atom stereocenters. The molecule has 2 unspecified atom stereocenters. The van der Waals surface area contributed by atoms with Crippen LogP contribution in [-0.2, 0) is 9.53 Å². The molecule has 2 saturated carbocycles. The van der Waals surface area contributed by atoms with Gasteiger partial charge in [-0.15, -0.1) is 0 Å². The zero-order valence-corrected chi connectivity index (χ0v) is 24.5. The van der Waals surface area contributed by atoms with Gasteiger partial charge >= 0.3 is 6.09 Å². The van der Waals surface area contributed by atoms with Crippen molar-refractivity contribution < 1.29 is 14.3 Å². The molecule has 0 aromatic heterocycles. The number of benzene rings is 1. The molecule has 4 aliphatic rings. The summed E-state index contributed by atoms with van der Waals surface area (Å²) in [5.74, 6) is 1.15. The van der Waals surface area contributed by atoms with Gasteiger partial charge in [-0.3, -0.25) is 9.69 Å². The summed E-state index contributed by atoms with van der Waals surface area (Å²) >= 11 is 6.18. The molecule has 5 rings (SSSR count). The molecule has 0 spiro atoms. The van der Waals surface area contributed by atoms with Crippen LogP contribution in [0, 0.1) is 17.3 Å². The smallest absolute Gasteiger partial charge is 0.410 e. The molecule has 1 aromatic rings. The van der Waals surface area contributed by atoms with E-state index in [0.717, 1.165) is 50.3 Å². The van der Waals surface area contributed by atoms with Gasteiger partial charge in [0.05, 0.1) is 5.54 Å². The van der Waals surface area contributed by atoms with Crippen LogP contribution in [0.25, 0.3) is 0 Å². The first-order valence-electron chi connectivity index (χ1n) is 14.7. The van der Waals surface area contributed by atoms with E-state index in [4.69, 9.17) is 16.3 Å². The quantitative estimate of drug-likeness (QED) is 0.429. The van der Waals surface area contributed by atoms with Crippen molar-refractivity contribution in [1.82, 2.24) is 14.7 Å². The number of ether oxygens (including phenoxy) is 1. The average molecular weight is 544 g/mol. The second-order valence-electron chi connectivity index (χ2n) is 13.3. The van der Waals surface area contributed by atoms with Gasteiger partial charge in [-0.25, -0.2) is 4.79 Å². The van der Waals surface area contributed by atoms with E-state index in [-0.39, 0.29) is 28.9 Å². The topological polar surface area (TPSA) is 53.1 Å². The van der Waals surface area contributed by atoms with Crippen LogP contribution >= 0.6 is 11.6 Å². The highest BCUT2D eigenvalue weighted by Gasteiger charge is 2.50. The Hall–Kier alpha value is -1.79. The first kappa shape index (κ1) is 27.8. The summed E-state index contributed by atoms with van der Waals surface area (Å²) in [6.07, 6.45) is 10.0. The van der Waals surface area contributed by atoms with Crippen molar-refractivity contribution in [1.29, 1.82) is 0 Å². The van der Waals surface area contributed by atoms with Gasteiger partial charge in [-0.05, 0) is 101 Å². The van der Waals surface area contributed by atoms with E-state index in [0.29, 0.717) is 24.5 Å². The van der Waals surface area contributed by atoms with Gasteiger partial charge in [0.2, 0.25) is 5.91 Å². The van der Waals surface area contributed by atoms with Crippen molar-refractivity contribution in [3.8, 4) is 0 Å². The summed E-state index contributed by atoms with van der Waals surface area (Å²) in [6, 6.07) is 8.51. The maximum atomic E-state index is 14.1. The Bertz CT molecular complexity index is 996. The number of likely N-dealkylation sites (tertiary alicyclic amines) is 1. The van der Waals surface area contributed by atoms with E-state index in [1.807, 2.05) is 17.0 Å². The fourth-order valence-corrected chi connectivity index (χ4v) is 7.96. The van der Waals surface area contributed by atoms with Crippen molar-refractivity contribution in [2.75, 3.05) is 40.3 Å². The SMILES string of the molecule is CN(C)C1CC(C(=O)N2CCC(CN3C(=O)OCC3(C)C)(C3CCCCC3)CC2)[C@H](c2ccc(Cl)cc2)C1. The number of carbonyl (C=O) groups excluding carboxylic acids is 2. The van der Waals surface area contributed by atoms with E-state index in [1.165, 1.54) is 37.7 Å². The van der Waals surface area contributed by atoms with Crippen LogP contribution in [0.2, 0.25) is 5.02 Å². The standard InChI is InChI=1S/C31H46ClN3O3/c1-30(2)21-38-29(37)35(30)20-31(23-8-6-5-7-9-23)14-16-34(17-15-31)28(36)27-19-25(33(3)4)18-26(27)22-10-12-24(32)13-11-22/h10-13,23,25-27H,5-9,14-21H2,1-4H3/t25?,26-,27?/m0/s1. The lowest BCUT2D eigenvalue weighted by molar-refractivity contribution is -0.139. The first-order chi connectivity index (χ1) is 18.1. The predicted octanol–water partition coefficient (Wildman–Crippen LogP) is 6.18. The van der Waals surface area contributed by atoms with Gasteiger partial charge in [0, 0.05) is 36.6 Å². The van der Waals surface area contributed by atoms with Crippen LogP contribution in [0.4, 0.5) is 4.79 Å². The summed E-state index contributed by atoms with van der Waals surface area (Å²) in [5, 5.41) is 0.735. The summed E-state index contributed by atoms with van der Waals surface area (Å²) in [4.78, 5) is 33.3. The second-order valence-corrected chi connectivity index (χ2v) is 13.8. The fraction of sp³-hybridized carbons (Fsp3) is 0.742. The van der Waals surface area contributed by atoms with Crippen molar-refractivity contribution in [3.63, 3.8) is 0 Å². The van der Waals surface area contributed by atoms with E-state index in [1.54, 1.807) is 0 Å². The van der Waals surface area contributed by atoms with Gasteiger partial charge in [-0.1, -0.05) is 43.0 Å².